The summed E-state index contributed by atoms with van der Waals surface area (Å²) >= 11 is 0. The molecule has 0 fully saturated rings. The largest absolute Gasteiger partial charge is 0.347 e. The van der Waals surface area contributed by atoms with Crippen LogP contribution in [0.1, 0.15) is 42.5 Å². The first-order valence-corrected chi connectivity index (χ1v) is 8.49. The molecule has 1 aliphatic carbocycles. The Morgan fingerprint density at radius 3 is 2.30 bits per heavy atom. The van der Waals surface area contributed by atoms with Gasteiger partial charge in [0.1, 0.15) is 0 Å². The van der Waals surface area contributed by atoms with Gasteiger partial charge in [-0.05, 0) is 23.1 Å². The Kier molecular flexibility index (Phi) is 3.37. The van der Waals surface area contributed by atoms with E-state index in [-0.39, 0.29) is 0 Å². The molecular weight excluding hydrogens is 278 g/mol. The summed E-state index contributed by atoms with van der Waals surface area (Å²) in [7, 11) is 2.21. The maximum atomic E-state index is 2.40. The van der Waals surface area contributed by atoms with Gasteiger partial charge in [0.25, 0.3) is 0 Å². The third-order valence-electron chi connectivity index (χ3n) is 5.32. The SMILES string of the molecule is CC1C=CC(C)C(c2ccccc2)c2c1n(C)c1ccccc21. The quantitative estimate of drug-likeness (QED) is 0.514. The molecule has 0 amide bonds. The number of para-hydroxylation sites is 1. The number of aryl methyl sites for hydroxylation is 1. The second-order valence-electron chi connectivity index (χ2n) is 6.80. The molecule has 116 valence electrons. The van der Waals surface area contributed by atoms with Crippen LogP contribution in [0.4, 0.5) is 0 Å². The van der Waals surface area contributed by atoms with Crippen molar-refractivity contribution in [1.82, 2.24) is 4.57 Å². The van der Waals surface area contributed by atoms with Gasteiger partial charge >= 0.3 is 0 Å². The zero-order valence-electron chi connectivity index (χ0n) is 14.0. The highest BCUT2D eigenvalue weighted by Crippen LogP contribution is 2.44. The van der Waals surface area contributed by atoms with E-state index in [1.54, 1.807) is 0 Å². The molecule has 0 radical (unpaired) electrons. The normalized spacial score (nSPS) is 23.7. The van der Waals surface area contributed by atoms with Crippen LogP contribution in [-0.4, -0.2) is 4.57 Å². The molecule has 3 aromatic rings. The second kappa shape index (κ2) is 5.42. The van der Waals surface area contributed by atoms with Gasteiger partial charge in [-0.15, -0.1) is 0 Å². The van der Waals surface area contributed by atoms with Crippen LogP contribution in [0, 0.1) is 5.92 Å². The molecule has 0 saturated carbocycles. The summed E-state index contributed by atoms with van der Waals surface area (Å²) < 4.78 is 2.40. The lowest BCUT2D eigenvalue weighted by molar-refractivity contribution is 0.627. The van der Waals surface area contributed by atoms with Crippen molar-refractivity contribution in [3.63, 3.8) is 0 Å². The van der Waals surface area contributed by atoms with Crippen molar-refractivity contribution in [3.8, 4) is 0 Å². The fourth-order valence-electron chi connectivity index (χ4n) is 4.26. The van der Waals surface area contributed by atoms with Crippen molar-refractivity contribution < 1.29 is 0 Å². The highest BCUT2D eigenvalue weighted by Gasteiger charge is 2.30. The smallest absolute Gasteiger partial charge is 0.0483 e. The maximum Gasteiger partial charge on any atom is 0.0483 e. The zero-order valence-corrected chi connectivity index (χ0v) is 14.0. The van der Waals surface area contributed by atoms with Gasteiger partial charge in [0, 0.05) is 35.5 Å². The minimum atomic E-state index is 0.415. The fraction of sp³-hybridized carbons (Fsp3) is 0.273. The fourth-order valence-corrected chi connectivity index (χ4v) is 4.26. The van der Waals surface area contributed by atoms with Crippen molar-refractivity contribution >= 4 is 10.9 Å². The summed E-state index contributed by atoms with van der Waals surface area (Å²) in [6, 6.07) is 19.8. The number of benzene rings is 2. The van der Waals surface area contributed by atoms with Crippen LogP contribution >= 0.6 is 0 Å². The third-order valence-corrected chi connectivity index (χ3v) is 5.32. The van der Waals surface area contributed by atoms with Gasteiger partial charge in [-0.1, -0.05) is 74.5 Å². The van der Waals surface area contributed by atoms with E-state index in [0.717, 1.165) is 0 Å². The number of rotatable bonds is 1. The van der Waals surface area contributed by atoms with Crippen LogP contribution in [0.15, 0.2) is 66.7 Å². The molecule has 3 atom stereocenters. The Morgan fingerprint density at radius 2 is 1.52 bits per heavy atom. The van der Waals surface area contributed by atoms with E-state index in [1.807, 2.05) is 0 Å². The van der Waals surface area contributed by atoms with E-state index >= 15 is 0 Å². The highest BCUT2D eigenvalue weighted by molar-refractivity contribution is 5.87. The van der Waals surface area contributed by atoms with E-state index in [0.29, 0.717) is 17.8 Å². The predicted octanol–water partition coefficient (Wildman–Crippen LogP) is 5.62. The molecule has 1 heteroatoms. The predicted molar refractivity (Wildman–Crippen MR) is 97.9 cm³/mol. The first-order chi connectivity index (χ1) is 11.2. The monoisotopic (exact) mass is 301 g/mol. The van der Waals surface area contributed by atoms with Gasteiger partial charge in [0.05, 0.1) is 0 Å². The molecule has 1 heterocycles. The Morgan fingerprint density at radius 1 is 0.826 bits per heavy atom. The summed E-state index contributed by atoms with van der Waals surface area (Å²) in [4.78, 5) is 0. The molecule has 0 bridgehead atoms. The number of hydrogen-bond donors (Lipinski definition) is 0. The van der Waals surface area contributed by atoms with Crippen LogP contribution in [0.3, 0.4) is 0 Å². The molecule has 1 aromatic heterocycles. The summed E-state index contributed by atoms with van der Waals surface area (Å²) in [5, 5.41) is 1.40. The van der Waals surface area contributed by atoms with Crippen molar-refractivity contribution in [2.24, 2.45) is 13.0 Å². The molecule has 0 N–H and O–H groups in total. The lowest BCUT2D eigenvalue weighted by Gasteiger charge is -2.23. The van der Waals surface area contributed by atoms with Crippen molar-refractivity contribution in [1.29, 1.82) is 0 Å². The summed E-state index contributed by atoms with van der Waals surface area (Å²) in [5.41, 5.74) is 5.73. The van der Waals surface area contributed by atoms with Gasteiger partial charge in [-0.3, -0.25) is 0 Å². The Hall–Kier alpha value is -2.28. The van der Waals surface area contributed by atoms with Crippen molar-refractivity contribution in [2.45, 2.75) is 25.7 Å². The molecule has 1 aliphatic rings. The van der Waals surface area contributed by atoms with E-state index in [2.05, 4.69) is 92.2 Å². The van der Waals surface area contributed by atoms with Gasteiger partial charge in [-0.2, -0.15) is 0 Å². The molecule has 4 rings (SSSR count). The van der Waals surface area contributed by atoms with Gasteiger partial charge < -0.3 is 4.57 Å². The number of allylic oxidation sites excluding steroid dienone is 2. The van der Waals surface area contributed by atoms with Crippen molar-refractivity contribution in [3.05, 3.63) is 83.6 Å². The molecule has 3 unspecified atom stereocenters. The molecule has 1 nitrogen and oxygen atoms in total. The first kappa shape index (κ1) is 14.3. The van der Waals surface area contributed by atoms with E-state index in [4.69, 9.17) is 0 Å². The van der Waals surface area contributed by atoms with Gasteiger partial charge in [0.2, 0.25) is 0 Å². The average molecular weight is 301 g/mol. The standard InChI is InChI=1S/C22H23N/c1-15-13-14-16(2)22-21(20(15)17-9-5-4-6-10-17)18-11-7-8-12-19(18)23(22)3/h4-16,20H,1-3H3. The number of nitrogens with zero attached hydrogens (tertiary/aromatic N) is 1. The van der Waals surface area contributed by atoms with Crippen molar-refractivity contribution in [2.75, 3.05) is 0 Å². The molecule has 23 heavy (non-hydrogen) atoms. The Bertz CT molecular complexity index is 870. The summed E-state index contributed by atoms with van der Waals surface area (Å²) in [6.07, 6.45) is 4.78. The summed E-state index contributed by atoms with van der Waals surface area (Å²) in [5.74, 6) is 1.35. The molecule has 2 aromatic carbocycles. The van der Waals surface area contributed by atoms with Gasteiger partial charge in [-0.25, -0.2) is 0 Å². The van der Waals surface area contributed by atoms with E-state index < -0.39 is 0 Å². The third kappa shape index (κ3) is 2.15. The number of fused-ring (bicyclic) bond motifs is 3. The second-order valence-corrected chi connectivity index (χ2v) is 6.80. The molecule has 0 saturated heterocycles. The average Bonchev–Trinajstić information content (AvgIpc) is 2.79. The minimum Gasteiger partial charge on any atom is -0.347 e. The topological polar surface area (TPSA) is 4.93 Å². The molecule has 0 spiro atoms. The highest BCUT2D eigenvalue weighted by atomic mass is 15.0. The van der Waals surface area contributed by atoms with Crippen LogP contribution in [-0.2, 0) is 7.05 Å². The first-order valence-electron chi connectivity index (χ1n) is 8.49. The number of aromatic nitrogens is 1. The van der Waals surface area contributed by atoms with E-state index in [1.165, 1.54) is 27.7 Å². The number of hydrogen-bond acceptors (Lipinski definition) is 0. The van der Waals surface area contributed by atoms with E-state index in [9.17, 15) is 0 Å². The maximum absolute atomic E-state index is 2.40. The zero-order chi connectivity index (χ0) is 16.0. The lowest BCUT2D eigenvalue weighted by atomic mass is 9.81. The van der Waals surface area contributed by atoms with Crippen LogP contribution < -0.4 is 0 Å². The lowest BCUT2D eigenvalue weighted by Crippen LogP contribution is -2.10. The van der Waals surface area contributed by atoms with Crippen LogP contribution in [0.25, 0.3) is 10.9 Å². The Balaban J connectivity index is 2.08. The van der Waals surface area contributed by atoms with Crippen LogP contribution in [0.2, 0.25) is 0 Å². The molecule has 0 aliphatic heterocycles. The van der Waals surface area contributed by atoms with Crippen LogP contribution in [0.5, 0.6) is 0 Å². The summed E-state index contributed by atoms with van der Waals surface area (Å²) in [6.45, 7) is 4.66. The minimum absolute atomic E-state index is 0.415. The Labute approximate surface area is 138 Å². The van der Waals surface area contributed by atoms with Gasteiger partial charge in [0.15, 0.2) is 0 Å². The molecular formula is C22H23N.